The van der Waals surface area contributed by atoms with Gasteiger partial charge in [0.05, 0.1) is 5.56 Å². The first-order valence-electron chi connectivity index (χ1n) is 6.80. The number of nitrogens with zero attached hydrogens (tertiary/aromatic N) is 2. The lowest BCUT2D eigenvalue weighted by Crippen LogP contribution is -2.23. The van der Waals surface area contributed by atoms with E-state index in [1.807, 2.05) is 12.1 Å². The third-order valence-corrected chi connectivity index (χ3v) is 2.94. The van der Waals surface area contributed by atoms with Crippen molar-refractivity contribution in [2.75, 3.05) is 11.9 Å². The van der Waals surface area contributed by atoms with Crippen molar-refractivity contribution in [2.45, 2.75) is 13.3 Å². The van der Waals surface area contributed by atoms with Crippen molar-refractivity contribution < 1.29 is 4.79 Å². The number of rotatable bonds is 6. The molecule has 1 aromatic heterocycles. The fourth-order valence-corrected chi connectivity index (χ4v) is 1.73. The summed E-state index contributed by atoms with van der Waals surface area (Å²) in [5.74, 6) is 0.244. The SMILES string of the molecule is C=CCNC(=O)c1cnc(Nc2ccc(CC)cc2)nc1. The molecule has 1 aromatic carbocycles. The second kappa shape index (κ2) is 7.19. The first kappa shape index (κ1) is 14.7. The van der Waals surface area contributed by atoms with Gasteiger partial charge >= 0.3 is 0 Å². The Morgan fingerprint density at radius 1 is 1.24 bits per heavy atom. The minimum Gasteiger partial charge on any atom is -0.348 e. The van der Waals surface area contributed by atoms with Gasteiger partial charge in [0.25, 0.3) is 5.91 Å². The van der Waals surface area contributed by atoms with Crippen LogP contribution in [0.3, 0.4) is 0 Å². The lowest BCUT2D eigenvalue weighted by molar-refractivity contribution is 0.0957. The minimum atomic E-state index is -0.214. The lowest BCUT2D eigenvalue weighted by atomic mass is 10.1. The van der Waals surface area contributed by atoms with Gasteiger partial charge in [0.15, 0.2) is 0 Å². The molecule has 1 amide bonds. The van der Waals surface area contributed by atoms with E-state index < -0.39 is 0 Å². The molecule has 0 bridgehead atoms. The molecular formula is C16H18N4O. The quantitative estimate of drug-likeness (QED) is 0.799. The summed E-state index contributed by atoms with van der Waals surface area (Å²) in [5, 5.41) is 5.77. The van der Waals surface area contributed by atoms with Crippen molar-refractivity contribution in [1.29, 1.82) is 0 Å². The number of carbonyl (C=O) groups excluding carboxylic acids is 1. The molecule has 5 nitrogen and oxygen atoms in total. The Balaban J connectivity index is 2.01. The molecule has 0 fully saturated rings. The number of nitrogens with one attached hydrogen (secondary N) is 2. The van der Waals surface area contributed by atoms with Crippen LogP contribution < -0.4 is 10.6 Å². The Kier molecular flexibility index (Phi) is 5.04. The molecule has 2 N–H and O–H groups in total. The van der Waals surface area contributed by atoms with Gasteiger partial charge in [0, 0.05) is 24.6 Å². The average Bonchev–Trinajstić information content (AvgIpc) is 2.54. The van der Waals surface area contributed by atoms with Crippen molar-refractivity contribution >= 4 is 17.5 Å². The van der Waals surface area contributed by atoms with E-state index in [0.29, 0.717) is 18.1 Å². The molecular weight excluding hydrogens is 264 g/mol. The molecule has 21 heavy (non-hydrogen) atoms. The maximum Gasteiger partial charge on any atom is 0.254 e. The second-order valence-electron chi connectivity index (χ2n) is 4.47. The minimum absolute atomic E-state index is 0.214. The van der Waals surface area contributed by atoms with Crippen LogP contribution in [0.25, 0.3) is 0 Å². The average molecular weight is 282 g/mol. The van der Waals surface area contributed by atoms with Crippen LogP contribution in [0.1, 0.15) is 22.8 Å². The molecule has 0 aliphatic carbocycles. The van der Waals surface area contributed by atoms with E-state index in [2.05, 4.69) is 46.2 Å². The number of carbonyl (C=O) groups is 1. The molecule has 0 aliphatic rings. The zero-order valence-corrected chi connectivity index (χ0v) is 12.0. The highest BCUT2D eigenvalue weighted by Gasteiger charge is 2.06. The Labute approximate surface area is 124 Å². The van der Waals surface area contributed by atoms with E-state index in [-0.39, 0.29) is 5.91 Å². The largest absolute Gasteiger partial charge is 0.348 e. The van der Waals surface area contributed by atoms with Crippen molar-refractivity contribution in [1.82, 2.24) is 15.3 Å². The van der Waals surface area contributed by atoms with Crippen LogP contribution in [0.15, 0.2) is 49.3 Å². The van der Waals surface area contributed by atoms with Crippen molar-refractivity contribution in [3.8, 4) is 0 Å². The maximum atomic E-state index is 11.7. The van der Waals surface area contributed by atoms with Crippen LogP contribution in [-0.4, -0.2) is 22.4 Å². The monoisotopic (exact) mass is 282 g/mol. The lowest BCUT2D eigenvalue weighted by Gasteiger charge is -2.06. The molecule has 0 atom stereocenters. The van der Waals surface area contributed by atoms with Crippen LogP contribution in [-0.2, 0) is 6.42 Å². The first-order valence-corrected chi connectivity index (χ1v) is 6.80. The zero-order chi connectivity index (χ0) is 15.1. The number of amides is 1. The van der Waals surface area contributed by atoms with E-state index in [1.54, 1.807) is 6.08 Å². The zero-order valence-electron chi connectivity index (χ0n) is 12.0. The summed E-state index contributed by atoms with van der Waals surface area (Å²) < 4.78 is 0. The fourth-order valence-electron chi connectivity index (χ4n) is 1.73. The molecule has 108 valence electrons. The van der Waals surface area contributed by atoms with Gasteiger partial charge in [-0.1, -0.05) is 25.1 Å². The van der Waals surface area contributed by atoms with Crippen molar-refractivity contribution in [3.63, 3.8) is 0 Å². The summed E-state index contributed by atoms with van der Waals surface area (Å²) >= 11 is 0. The van der Waals surface area contributed by atoms with Crippen LogP contribution >= 0.6 is 0 Å². The van der Waals surface area contributed by atoms with Crippen LogP contribution in [0.4, 0.5) is 11.6 Å². The summed E-state index contributed by atoms with van der Waals surface area (Å²) in [6.07, 6.45) is 5.61. The number of aryl methyl sites for hydroxylation is 1. The summed E-state index contributed by atoms with van der Waals surface area (Å²) in [6.45, 7) is 6.08. The van der Waals surface area contributed by atoms with Gasteiger partial charge in [0.1, 0.15) is 0 Å². The van der Waals surface area contributed by atoms with Gasteiger partial charge in [0.2, 0.25) is 5.95 Å². The summed E-state index contributed by atoms with van der Waals surface area (Å²) in [7, 11) is 0. The number of hydrogen-bond donors (Lipinski definition) is 2. The molecule has 2 aromatic rings. The van der Waals surface area contributed by atoms with Crippen molar-refractivity contribution in [2.24, 2.45) is 0 Å². The number of anilines is 2. The molecule has 0 unspecified atom stereocenters. The molecule has 0 aliphatic heterocycles. The van der Waals surface area contributed by atoms with Gasteiger partial charge in [-0.3, -0.25) is 4.79 Å². The molecule has 2 rings (SSSR count). The topological polar surface area (TPSA) is 66.9 Å². The number of benzene rings is 1. The Morgan fingerprint density at radius 3 is 2.48 bits per heavy atom. The number of hydrogen-bond acceptors (Lipinski definition) is 4. The highest BCUT2D eigenvalue weighted by atomic mass is 16.1. The predicted molar refractivity (Wildman–Crippen MR) is 83.7 cm³/mol. The van der Waals surface area contributed by atoms with E-state index in [0.717, 1.165) is 12.1 Å². The predicted octanol–water partition coefficient (Wildman–Crippen LogP) is 2.70. The first-order chi connectivity index (χ1) is 10.2. The van der Waals surface area contributed by atoms with Gasteiger partial charge in [-0.05, 0) is 24.1 Å². The molecule has 0 saturated carbocycles. The number of aromatic nitrogens is 2. The van der Waals surface area contributed by atoms with Crippen LogP contribution in [0, 0.1) is 0 Å². The molecule has 0 spiro atoms. The van der Waals surface area contributed by atoms with Gasteiger partial charge in [-0.25, -0.2) is 9.97 Å². The van der Waals surface area contributed by atoms with E-state index >= 15 is 0 Å². The Morgan fingerprint density at radius 2 is 1.90 bits per heavy atom. The van der Waals surface area contributed by atoms with E-state index in [9.17, 15) is 4.79 Å². The summed E-state index contributed by atoms with van der Waals surface area (Å²) in [6, 6.07) is 8.07. The smallest absolute Gasteiger partial charge is 0.254 e. The van der Waals surface area contributed by atoms with E-state index in [4.69, 9.17) is 0 Å². The highest BCUT2D eigenvalue weighted by molar-refractivity contribution is 5.93. The Bertz CT molecular complexity index is 605. The van der Waals surface area contributed by atoms with Crippen LogP contribution in [0.5, 0.6) is 0 Å². The molecule has 0 radical (unpaired) electrons. The fraction of sp³-hybridized carbons (Fsp3) is 0.188. The summed E-state index contributed by atoms with van der Waals surface area (Å²) in [4.78, 5) is 20.0. The Hall–Kier alpha value is -2.69. The highest BCUT2D eigenvalue weighted by Crippen LogP contribution is 2.14. The normalized spacial score (nSPS) is 9.95. The van der Waals surface area contributed by atoms with Gasteiger partial charge in [-0.15, -0.1) is 6.58 Å². The molecule has 5 heteroatoms. The summed E-state index contributed by atoms with van der Waals surface area (Å²) in [5.41, 5.74) is 2.61. The third kappa shape index (κ3) is 4.14. The van der Waals surface area contributed by atoms with Crippen molar-refractivity contribution in [3.05, 3.63) is 60.4 Å². The van der Waals surface area contributed by atoms with Gasteiger partial charge in [-0.2, -0.15) is 0 Å². The third-order valence-electron chi connectivity index (χ3n) is 2.94. The maximum absolute atomic E-state index is 11.7. The molecule has 1 heterocycles. The molecule has 0 saturated heterocycles. The van der Waals surface area contributed by atoms with Crippen LogP contribution in [0.2, 0.25) is 0 Å². The second-order valence-corrected chi connectivity index (χ2v) is 4.47. The van der Waals surface area contributed by atoms with E-state index in [1.165, 1.54) is 18.0 Å². The van der Waals surface area contributed by atoms with Gasteiger partial charge < -0.3 is 10.6 Å². The standard InChI is InChI=1S/C16H18N4O/c1-3-9-17-15(21)13-10-18-16(19-11-13)20-14-7-5-12(4-2)6-8-14/h3,5-8,10-11H,1,4,9H2,2H3,(H,17,21)(H,18,19,20).